The van der Waals surface area contributed by atoms with E-state index < -0.39 is 0 Å². The van der Waals surface area contributed by atoms with Gasteiger partial charge >= 0.3 is 0 Å². The molecule has 0 atom stereocenters. The summed E-state index contributed by atoms with van der Waals surface area (Å²) in [7, 11) is 0. The molecule has 7 nitrogen and oxygen atoms in total. The molecule has 0 saturated carbocycles. The molecule has 1 N–H and O–H groups in total. The summed E-state index contributed by atoms with van der Waals surface area (Å²) < 4.78 is 5.01. The molecule has 144 valence electrons. The third kappa shape index (κ3) is 4.47. The van der Waals surface area contributed by atoms with Crippen LogP contribution in [0.3, 0.4) is 0 Å². The predicted molar refractivity (Wildman–Crippen MR) is 110 cm³/mol. The molecule has 0 spiro atoms. The van der Waals surface area contributed by atoms with Crippen LogP contribution in [0.25, 0.3) is 0 Å². The minimum absolute atomic E-state index is 0.226. The van der Waals surface area contributed by atoms with Gasteiger partial charge in [-0.05, 0) is 36.8 Å². The quantitative estimate of drug-likeness (QED) is 0.531. The van der Waals surface area contributed by atoms with Gasteiger partial charge in [0, 0.05) is 11.8 Å². The number of hydrogen-bond donors (Lipinski definition) is 1. The van der Waals surface area contributed by atoms with Gasteiger partial charge in [0.2, 0.25) is 0 Å². The third-order valence-corrected chi connectivity index (χ3v) is 4.26. The second-order valence-electron chi connectivity index (χ2n) is 6.46. The van der Waals surface area contributed by atoms with Gasteiger partial charge in [-0.3, -0.25) is 4.79 Å². The minimum Gasteiger partial charge on any atom is -0.360 e. The van der Waals surface area contributed by atoms with Crippen molar-refractivity contribution < 1.29 is 9.32 Å². The summed E-state index contributed by atoms with van der Waals surface area (Å²) in [4.78, 5) is 14.9. The number of benzene rings is 2. The first-order chi connectivity index (χ1) is 14.2. The zero-order valence-corrected chi connectivity index (χ0v) is 15.8. The average Bonchev–Trinajstić information content (AvgIpc) is 3.18. The van der Waals surface area contributed by atoms with Crippen molar-refractivity contribution in [3.8, 4) is 0 Å². The van der Waals surface area contributed by atoms with E-state index >= 15 is 0 Å². The van der Waals surface area contributed by atoms with Gasteiger partial charge in [-0.2, -0.15) is 0 Å². The molecule has 0 aliphatic heterocycles. The van der Waals surface area contributed by atoms with Crippen LogP contribution in [0, 0.1) is 6.92 Å². The Balaban J connectivity index is 1.56. The van der Waals surface area contributed by atoms with E-state index in [2.05, 4.69) is 20.7 Å². The molecular weight excluding hydrogens is 366 g/mol. The van der Waals surface area contributed by atoms with E-state index in [0.717, 1.165) is 11.3 Å². The number of aromatic nitrogens is 3. The van der Waals surface area contributed by atoms with E-state index in [9.17, 15) is 4.79 Å². The number of nitrogens with one attached hydrogen (secondary N) is 1. The van der Waals surface area contributed by atoms with Gasteiger partial charge in [-0.1, -0.05) is 53.7 Å². The van der Waals surface area contributed by atoms with Crippen molar-refractivity contribution in [2.24, 2.45) is 0 Å². The second kappa shape index (κ2) is 8.35. The Morgan fingerprint density at radius 1 is 0.931 bits per heavy atom. The Kier molecular flexibility index (Phi) is 5.29. The highest BCUT2D eigenvalue weighted by Crippen LogP contribution is 2.20. The summed E-state index contributed by atoms with van der Waals surface area (Å²) in [6.07, 6.45) is 0. The summed E-state index contributed by atoms with van der Waals surface area (Å²) in [6.45, 7) is 2.24. The highest BCUT2D eigenvalue weighted by atomic mass is 16.5. The monoisotopic (exact) mass is 385 g/mol. The first-order valence-corrected chi connectivity index (χ1v) is 9.14. The smallest absolute Gasteiger partial charge is 0.279 e. The van der Waals surface area contributed by atoms with Crippen LogP contribution < -0.4 is 10.2 Å². The minimum atomic E-state index is -0.226. The normalized spacial score (nSPS) is 10.5. The number of amides is 1. The molecule has 4 aromatic rings. The number of anilines is 3. The Hall–Kier alpha value is -4.00. The summed E-state index contributed by atoms with van der Waals surface area (Å²) >= 11 is 0. The molecule has 0 saturated heterocycles. The lowest BCUT2D eigenvalue weighted by Crippen LogP contribution is -2.31. The van der Waals surface area contributed by atoms with Crippen LogP contribution >= 0.6 is 0 Å². The first-order valence-electron chi connectivity index (χ1n) is 9.14. The number of aryl methyl sites for hydroxylation is 1. The summed E-state index contributed by atoms with van der Waals surface area (Å²) in [5, 5.41) is 15.0. The van der Waals surface area contributed by atoms with Crippen LogP contribution in [0.15, 0.2) is 83.4 Å². The number of para-hydroxylation sites is 1. The lowest BCUT2D eigenvalue weighted by atomic mass is 10.2. The number of hydrogen-bond acceptors (Lipinski definition) is 6. The first kappa shape index (κ1) is 18.4. The molecule has 7 heteroatoms. The third-order valence-electron chi connectivity index (χ3n) is 4.26. The van der Waals surface area contributed by atoms with E-state index in [4.69, 9.17) is 4.52 Å². The Labute approximate surface area is 168 Å². The van der Waals surface area contributed by atoms with Gasteiger partial charge < -0.3 is 14.7 Å². The molecule has 29 heavy (non-hydrogen) atoms. The molecule has 0 radical (unpaired) electrons. The molecule has 0 aliphatic carbocycles. The lowest BCUT2D eigenvalue weighted by molar-refractivity contribution is 0.0979. The van der Waals surface area contributed by atoms with Crippen LogP contribution in [-0.2, 0) is 6.54 Å². The topological polar surface area (TPSA) is 84.2 Å². The maximum absolute atomic E-state index is 13.2. The standard InChI is InChI=1S/C22H19N5O2/c1-16-14-21(26-29-16)23-20-13-12-19(24-25-20)22(28)27(18-10-6-3-7-11-18)15-17-8-4-2-5-9-17/h2-14H,15H2,1H3,(H,23,25,26). The predicted octanol–water partition coefficient (Wildman–Crippen LogP) is 4.36. The van der Waals surface area contributed by atoms with Gasteiger partial charge in [-0.25, -0.2) is 0 Å². The largest absolute Gasteiger partial charge is 0.360 e. The average molecular weight is 385 g/mol. The number of carbonyl (C=O) groups excluding carboxylic acids is 1. The molecular formula is C22H19N5O2. The van der Waals surface area contributed by atoms with Gasteiger partial charge in [0.25, 0.3) is 5.91 Å². The molecule has 0 unspecified atom stereocenters. The van der Waals surface area contributed by atoms with Crippen LogP contribution in [-0.4, -0.2) is 21.3 Å². The van der Waals surface area contributed by atoms with Crippen LogP contribution in [0.5, 0.6) is 0 Å². The lowest BCUT2D eigenvalue weighted by Gasteiger charge is -2.22. The molecule has 0 bridgehead atoms. The van der Waals surface area contributed by atoms with E-state index in [0.29, 0.717) is 23.9 Å². The van der Waals surface area contributed by atoms with Gasteiger partial charge in [0.05, 0.1) is 6.54 Å². The van der Waals surface area contributed by atoms with Crippen molar-refractivity contribution in [3.05, 3.63) is 95.9 Å². The van der Waals surface area contributed by atoms with Crippen LogP contribution in [0.1, 0.15) is 21.8 Å². The fourth-order valence-corrected chi connectivity index (χ4v) is 2.86. The zero-order valence-electron chi connectivity index (χ0n) is 15.8. The highest BCUT2D eigenvalue weighted by Gasteiger charge is 2.20. The summed E-state index contributed by atoms with van der Waals surface area (Å²) in [6, 6.07) is 24.4. The fraction of sp³-hybridized carbons (Fsp3) is 0.0909. The molecule has 2 aromatic heterocycles. The summed E-state index contributed by atoms with van der Waals surface area (Å²) in [5.41, 5.74) is 2.08. The Morgan fingerprint density at radius 2 is 1.66 bits per heavy atom. The number of rotatable bonds is 6. The highest BCUT2D eigenvalue weighted by molar-refractivity contribution is 6.04. The zero-order chi connectivity index (χ0) is 20.1. The molecule has 1 amide bonds. The summed E-state index contributed by atoms with van der Waals surface area (Å²) in [5.74, 6) is 1.47. The molecule has 2 aromatic carbocycles. The number of nitrogens with zero attached hydrogens (tertiary/aromatic N) is 4. The maximum Gasteiger partial charge on any atom is 0.279 e. The molecule has 2 heterocycles. The van der Waals surface area contributed by atoms with Gasteiger partial charge in [-0.15, -0.1) is 10.2 Å². The molecule has 0 aliphatic rings. The van der Waals surface area contributed by atoms with Crippen molar-refractivity contribution in [2.75, 3.05) is 10.2 Å². The second-order valence-corrected chi connectivity index (χ2v) is 6.46. The van der Waals surface area contributed by atoms with E-state index in [-0.39, 0.29) is 11.6 Å². The van der Waals surface area contributed by atoms with Crippen LogP contribution in [0.4, 0.5) is 17.3 Å². The Bertz CT molecular complexity index is 1080. The van der Waals surface area contributed by atoms with E-state index in [1.807, 2.05) is 60.7 Å². The number of carbonyl (C=O) groups is 1. The van der Waals surface area contributed by atoms with E-state index in [1.165, 1.54) is 0 Å². The maximum atomic E-state index is 13.2. The van der Waals surface area contributed by atoms with Gasteiger partial charge in [0.1, 0.15) is 5.76 Å². The van der Waals surface area contributed by atoms with Crippen molar-refractivity contribution in [1.29, 1.82) is 0 Å². The Morgan fingerprint density at radius 3 is 2.28 bits per heavy atom. The molecule has 0 fully saturated rings. The van der Waals surface area contributed by atoms with Gasteiger partial charge in [0.15, 0.2) is 17.3 Å². The molecule has 4 rings (SSSR count). The van der Waals surface area contributed by atoms with Crippen molar-refractivity contribution in [1.82, 2.24) is 15.4 Å². The SMILES string of the molecule is Cc1cc(Nc2ccc(C(=O)N(Cc3ccccc3)c3ccccc3)nn2)no1. The van der Waals surface area contributed by atoms with E-state index in [1.54, 1.807) is 30.0 Å². The van der Waals surface area contributed by atoms with Crippen molar-refractivity contribution in [3.63, 3.8) is 0 Å². The van der Waals surface area contributed by atoms with Crippen LogP contribution in [0.2, 0.25) is 0 Å². The van der Waals surface area contributed by atoms with Crippen molar-refractivity contribution in [2.45, 2.75) is 13.5 Å². The van der Waals surface area contributed by atoms with Crippen molar-refractivity contribution >= 4 is 23.2 Å². The fourth-order valence-electron chi connectivity index (χ4n) is 2.86.